The van der Waals surface area contributed by atoms with Crippen molar-refractivity contribution in [2.45, 2.75) is 58.5 Å². The van der Waals surface area contributed by atoms with Gasteiger partial charge in [-0.25, -0.2) is 9.59 Å². The number of hydrogen-bond acceptors (Lipinski definition) is 8. The maximum Gasteiger partial charge on any atom is 0.334 e. The normalized spacial score (nSPS) is 33.4. The van der Waals surface area contributed by atoms with Crippen LogP contribution < -0.4 is 0 Å². The summed E-state index contributed by atoms with van der Waals surface area (Å²) < 4.78 is 16.3. The average Bonchev–Trinajstić information content (AvgIpc) is 2.96. The molecule has 0 unspecified atom stereocenters. The van der Waals surface area contributed by atoms with Gasteiger partial charge in [0.05, 0.1) is 18.6 Å². The molecule has 1 fully saturated rings. The highest BCUT2D eigenvalue weighted by atomic mass is 16.6. The Morgan fingerprint density at radius 1 is 1.30 bits per heavy atom. The smallest absolute Gasteiger partial charge is 0.334 e. The molecule has 1 heterocycles. The lowest BCUT2D eigenvalue weighted by Gasteiger charge is -2.29. The number of rotatable bonds is 4. The lowest BCUT2D eigenvalue weighted by atomic mass is 9.85. The Bertz CT molecular complexity index is 819. The Balaban J connectivity index is 2.56. The van der Waals surface area contributed by atoms with Crippen molar-refractivity contribution >= 4 is 17.9 Å². The number of carbonyl (C=O) groups is 3. The van der Waals surface area contributed by atoms with Crippen LogP contribution in [0.2, 0.25) is 0 Å². The highest BCUT2D eigenvalue weighted by molar-refractivity contribution is 5.92. The summed E-state index contributed by atoms with van der Waals surface area (Å²) >= 11 is 0. The SMILES string of the molecule is C=C1C(=O)O[C@@H]2/C=C(/CO)[C@@H](OC(C)=O)C[C@H](O)/C(C)=C\[C@@H](OC(=O)/C(C)=C\C)[C@@H]12. The highest BCUT2D eigenvalue weighted by Gasteiger charge is 2.45. The van der Waals surface area contributed by atoms with Crippen molar-refractivity contribution < 1.29 is 38.8 Å². The average molecular weight is 420 g/mol. The first kappa shape index (κ1) is 23.6. The summed E-state index contributed by atoms with van der Waals surface area (Å²) in [6.45, 7) is 9.46. The first-order valence-electron chi connectivity index (χ1n) is 9.67. The van der Waals surface area contributed by atoms with Crippen LogP contribution in [0.4, 0.5) is 0 Å². The van der Waals surface area contributed by atoms with Crippen LogP contribution in [0.25, 0.3) is 0 Å². The van der Waals surface area contributed by atoms with E-state index in [1.165, 1.54) is 13.0 Å². The van der Waals surface area contributed by atoms with Gasteiger partial charge in [-0.2, -0.15) is 0 Å². The zero-order chi connectivity index (χ0) is 22.6. The standard InChI is InChI=1S/C22H28O8/c1-6-11(2)21(26)29-18-7-12(3)16(25)9-17(28-14(5)24)15(10-23)8-19-20(18)13(4)22(27)30-19/h6-8,16-20,23,25H,4,9-10H2,1-3,5H3/b11-6-,12-7-,15-8-/t16-,17-,18+,19+,20+/m0/s1. The first-order chi connectivity index (χ1) is 14.1. The molecule has 0 bridgehead atoms. The van der Waals surface area contributed by atoms with E-state index in [0.717, 1.165) is 0 Å². The summed E-state index contributed by atoms with van der Waals surface area (Å²) in [5.74, 6) is -2.58. The zero-order valence-electron chi connectivity index (χ0n) is 17.6. The van der Waals surface area contributed by atoms with Crippen LogP contribution in [0, 0.1) is 5.92 Å². The number of allylic oxidation sites excluding steroid dienone is 1. The lowest BCUT2D eigenvalue weighted by Crippen LogP contribution is -2.35. The predicted octanol–water partition coefficient (Wildman–Crippen LogP) is 1.52. The fraction of sp³-hybridized carbons (Fsp3) is 0.500. The predicted molar refractivity (Wildman–Crippen MR) is 107 cm³/mol. The molecule has 2 N–H and O–H groups in total. The van der Waals surface area contributed by atoms with Gasteiger partial charge in [-0.3, -0.25) is 4.79 Å². The van der Waals surface area contributed by atoms with Crippen molar-refractivity contribution in [2.75, 3.05) is 6.61 Å². The molecule has 0 aromatic rings. The molecule has 0 aromatic carbocycles. The minimum absolute atomic E-state index is 0.0187. The van der Waals surface area contributed by atoms with Crippen LogP contribution in [0.15, 0.2) is 47.1 Å². The van der Waals surface area contributed by atoms with Gasteiger partial charge in [0.2, 0.25) is 0 Å². The maximum absolute atomic E-state index is 12.4. The Hall–Kier alpha value is -2.71. The van der Waals surface area contributed by atoms with E-state index in [1.54, 1.807) is 32.9 Å². The summed E-state index contributed by atoms with van der Waals surface area (Å²) in [5.41, 5.74) is 1.21. The Morgan fingerprint density at radius 2 is 1.97 bits per heavy atom. The molecule has 0 radical (unpaired) electrons. The monoisotopic (exact) mass is 420 g/mol. The number of aliphatic hydroxyl groups is 2. The van der Waals surface area contributed by atoms with Gasteiger partial charge in [0.25, 0.3) is 0 Å². The summed E-state index contributed by atoms with van der Waals surface area (Å²) in [6, 6.07) is 0. The van der Waals surface area contributed by atoms with Crippen LogP contribution in [-0.2, 0) is 28.6 Å². The van der Waals surface area contributed by atoms with Crippen molar-refractivity contribution in [3.63, 3.8) is 0 Å². The van der Waals surface area contributed by atoms with Gasteiger partial charge in [-0.1, -0.05) is 12.7 Å². The Labute approximate surface area is 175 Å². The van der Waals surface area contributed by atoms with Gasteiger partial charge in [0, 0.05) is 24.5 Å². The third kappa shape index (κ3) is 5.25. The van der Waals surface area contributed by atoms with Gasteiger partial charge in [-0.05, 0) is 44.1 Å². The van der Waals surface area contributed by atoms with Crippen LogP contribution in [0.3, 0.4) is 0 Å². The van der Waals surface area contributed by atoms with Crippen LogP contribution in [0.5, 0.6) is 0 Å². The zero-order valence-corrected chi connectivity index (χ0v) is 17.6. The summed E-state index contributed by atoms with van der Waals surface area (Å²) in [7, 11) is 0. The summed E-state index contributed by atoms with van der Waals surface area (Å²) in [5, 5.41) is 20.5. The van der Waals surface area contributed by atoms with E-state index in [2.05, 4.69) is 6.58 Å². The van der Waals surface area contributed by atoms with Crippen molar-refractivity contribution in [3.8, 4) is 0 Å². The first-order valence-corrected chi connectivity index (χ1v) is 9.67. The number of ether oxygens (including phenoxy) is 3. The van der Waals surface area contributed by atoms with Crippen molar-refractivity contribution in [1.82, 2.24) is 0 Å². The molecule has 2 aliphatic rings. The quantitative estimate of drug-likeness (QED) is 0.304. The molecule has 30 heavy (non-hydrogen) atoms. The number of esters is 3. The molecule has 0 spiro atoms. The van der Waals surface area contributed by atoms with Gasteiger partial charge in [0.15, 0.2) is 0 Å². The van der Waals surface area contributed by atoms with Crippen molar-refractivity contribution in [1.29, 1.82) is 0 Å². The molecule has 8 nitrogen and oxygen atoms in total. The molecular formula is C22H28O8. The molecule has 1 saturated heterocycles. The lowest BCUT2D eigenvalue weighted by molar-refractivity contribution is -0.147. The molecule has 0 saturated carbocycles. The minimum atomic E-state index is -1.05. The molecule has 0 aromatic heterocycles. The minimum Gasteiger partial charge on any atom is -0.458 e. The maximum atomic E-state index is 12.4. The van der Waals surface area contributed by atoms with Crippen LogP contribution in [-0.4, -0.2) is 59.1 Å². The highest BCUT2D eigenvalue weighted by Crippen LogP contribution is 2.36. The summed E-state index contributed by atoms with van der Waals surface area (Å²) in [4.78, 5) is 36.2. The number of hydrogen-bond donors (Lipinski definition) is 2. The van der Waals surface area contributed by atoms with Crippen LogP contribution >= 0.6 is 0 Å². The molecule has 2 rings (SSSR count). The van der Waals surface area contributed by atoms with E-state index in [-0.39, 0.29) is 17.6 Å². The van der Waals surface area contributed by atoms with Gasteiger partial charge in [-0.15, -0.1) is 0 Å². The van der Waals surface area contributed by atoms with Crippen molar-refractivity contribution in [3.05, 3.63) is 47.1 Å². The Morgan fingerprint density at radius 3 is 2.53 bits per heavy atom. The third-order valence-corrected chi connectivity index (χ3v) is 5.29. The number of fused-ring (bicyclic) bond motifs is 1. The molecule has 1 aliphatic carbocycles. The Kier molecular flexibility index (Phi) is 7.75. The van der Waals surface area contributed by atoms with E-state index < -0.39 is 54.8 Å². The van der Waals surface area contributed by atoms with Gasteiger partial charge in [0.1, 0.15) is 18.3 Å². The molecular weight excluding hydrogens is 392 g/mol. The van der Waals surface area contributed by atoms with E-state index in [0.29, 0.717) is 11.1 Å². The number of aliphatic hydroxyl groups excluding tert-OH is 2. The summed E-state index contributed by atoms with van der Waals surface area (Å²) in [6.07, 6.45) is 0.817. The van der Waals surface area contributed by atoms with Gasteiger partial charge >= 0.3 is 17.9 Å². The second-order valence-electron chi connectivity index (χ2n) is 7.42. The van der Waals surface area contributed by atoms with E-state index in [9.17, 15) is 24.6 Å². The largest absolute Gasteiger partial charge is 0.458 e. The van der Waals surface area contributed by atoms with E-state index in [1.807, 2.05) is 0 Å². The fourth-order valence-electron chi connectivity index (χ4n) is 3.38. The van der Waals surface area contributed by atoms with E-state index >= 15 is 0 Å². The fourth-order valence-corrected chi connectivity index (χ4v) is 3.38. The van der Waals surface area contributed by atoms with Crippen LogP contribution in [0.1, 0.15) is 34.1 Å². The molecule has 8 heteroatoms. The second kappa shape index (κ2) is 9.86. The molecule has 1 aliphatic heterocycles. The molecule has 5 atom stereocenters. The van der Waals surface area contributed by atoms with Crippen molar-refractivity contribution in [2.24, 2.45) is 5.92 Å². The topological polar surface area (TPSA) is 119 Å². The number of carbonyl (C=O) groups excluding carboxylic acids is 3. The third-order valence-electron chi connectivity index (χ3n) is 5.29. The molecule has 164 valence electrons. The van der Waals surface area contributed by atoms with E-state index in [4.69, 9.17) is 14.2 Å². The van der Waals surface area contributed by atoms with Gasteiger partial charge < -0.3 is 24.4 Å². The molecule has 0 amide bonds. The second-order valence-corrected chi connectivity index (χ2v) is 7.42.